The third kappa shape index (κ3) is 5.38. The molecular formula is C20H18FNO7. The van der Waals surface area contributed by atoms with E-state index in [0.29, 0.717) is 5.56 Å². The Morgan fingerprint density at radius 1 is 0.897 bits per heavy atom. The Kier molecular flexibility index (Phi) is 7.02. The van der Waals surface area contributed by atoms with Crippen molar-refractivity contribution in [2.75, 3.05) is 26.1 Å². The summed E-state index contributed by atoms with van der Waals surface area (Å²) >= 11 is 0. The lowest BCUT2D eigenvalue weighted by Gasteiger charge is -2.12. The van der Waals surface area contributed by atoms with E-state index in [4.69, 9.17) is 4.74 Å². The first-order valence-electron chi connectivity index (χ1n) is 8.30. The fourth-order valence-corrected chi connectivity index (χ4v) is 2.30. The minimum absolute atomic E-state index is 0.0135. The zero-order valence-electron chi connectivity index (χ0n) is 15.9. The molecule has 29 heavy (non-hydrogen) atoms. The van der Waals surface area contributed by atoms with Crippen molar-refractivity contribution >= 4 is 29.5 Å². The van der Waals surface area contributed by atoms with Crippen LogP contribution in [0.15, 0.2) is 36.4 Å². The molecule has 0 bridgehead atoms. The van der Waals surface area contributed by atoms with Crippen LogP contribution in [0.5, 0.6) is 0 Å². The molecule has 152 valence electrons. The first-order chi connectivity index (χ1) is 13.8. The molecule has 0 atom stereocenters. The van der Waals surface area contributed by atoms with Crippen molar-refractivity contribution in [2.45, 2.75) is 6.92 Å². The summed E-state index contributed by atoms with van der Waals surface area (Å²) in [5, 5.41) is 2.37. The molecule has 0 saturated heterocycles. The van der Waals surface area contributed by atoms with Gasteiger partial charge in [-0.3, -0.25) is 4.79 Å². The van der Waals surface area contributed by atoms with Gasteiger partial charge in [0, 0.05) is 0 Å². The second-order valence-electron chi connectivity index (χ2n) is 5.83. The number of hydrogen-bond donors (Lipinski definition) is 1. The van der Waals surface area contributed by atoms with Gasteiger partial charge in [0.05, 0.1) is 36.6 Å². The van der Waals surface area contributed by atoms with Crippen LogP contribution >= 0.6 is 0 Å². The Bertz CT molecular complexity index is 971. The van der Waals surface area contributed by atoms with Gasteiger partial charge in [-0.1, -0.05) is 6.07 Å². The molecule has 0 heterocycles. The summed E-state index contributed by atoms with van der Waals surface area (Å²) < 4.78 is 27.6. The average molecular weight is 403 g/mol. The largest absolute Gasteiger partial charge is 0.465 e. The molecule has 0 unspecified atom stereocenters. The standard InChI is InChI=1S/C20H18FNO7/c1-11-4-5-12(8-15(11)21)19(25)29-10-17(23)22-16-9-13(18(24)27-2)6-7-14(16)20(26)28-3/h4-9H,10H2,1-3H3,(H,22,23). The summed E-state index contributed by atoms with van der Waals surface area (Å²) in [6.45, 7) is 0.844. The summed E-state index contributed by atoms with van der Waals surface area (Å²) in [6.07, 6.45) is 0. The summed E-state index contributed by atoms with van der Waals surface area (Å²) in [4.78, 5) is 47.7. The first-order valence-corrected chi connectivity index (χ1v) is 8.30. The monoisotopic (exact) mass is 403 g/mol. The fraction of sp³-hybridized carbons (Fsp3) is 0.200. The first kappa shape index (κ1) is 21.5. The van der Waals surface area contributed by atoms with Crippen LogP contribution in [0.3, 0.4) is 0 Å². The van der Waals surface area contributed by atoms with Gasteiger partial charge >= 0.3 is 17.9 Å². The van der Waals surface area contributed by atoms with Crippen LogP contribution in [0.4, 0.5) is 10.1 Å². The fourth-order valence-electron chi connectivity index (χ4n) is 2.30. The van der Waals surface area contributed by atoms with Gasteiger partial charge in [-0.2, -0.15) is 0 Å². The lowest BCUT2D eigenvalue weighted by atomic mass is 10.1. The van der Waals surface area contributed by atoms with Gasteiger partial charge < -0.3 is 19.5 Å². The van der Waals surface area contributed by atoms with Gasteiger partial charge in [-0.15, -0.1) is 0 Å². The number of halogens is 1. The van der Waals surface area contributed by atoms with Crippen molar-refractivity contribution in [3.05, 3.63) is 64.5 Å². The predicted octanol–water partition coefficient (Wildman–Crippen LogP) is 2.50. The van der Waals surface area contributed by atoms with Crippen molar-refractivity contribution in [1.82, 2.24) is 0 Å². The van der Waals surface area contributed by atoms with Crippen LogP contribution in [-0.4, -0.2) is 44.6 Å². The Balaban J connectivity index is 2.12. The van der Waals surface area contributed by atoms with E-state index < -0.39 is 36.2 Å². The van der Waals surface area contributed by atoms with Crippen LogP contribution in [0.1, 0.15) is 36.6 Å². The van der Waals surface area contributed by atoms with Crippen LogP contribution in [0.2, 0.25) is 0 Å². The summed E-state index contributed by atoms with van der Waals surface area (Å²) in [7, 11) is 2.34. The highest BCUT2D eigenvalue weighted by Gasteiger charge is 2.18. The van der Waals surface area contributed by atoms with Gasteiger partial charge in [-0.05, 0) is 42.8 Å². The van der Waals surface area contributed by atoms with E-state index in [1.165, 1.54) is 37.4 Å². The summed E-state index contributed by atoms with van der Waals surface area (Å²) in [5.41, 5.74) is 0.356. The van der Waals surface area contributed by atoms with Crippen LogP contribution in [0, 0.1) is 12.7 Å². The molecule has 8 nitrogen and oxygen atoms in total. The summed E-state index contributed by atoms with van der Waals surface area (Å²) in [6, 6.07) is 7.63. The number of ether oxygens (including phenoxy) is 3. The molecule has 2 aromatic rings. The molecule has 2 aromatic carbocycles. The van der Waals surface area contributed by atoms with Crippen LogP contribution < -0.4 is 5.32 Å². The lowest BCUT2D eigenvalue weighted by Crippen LogP contribution is -2.22. The molecule has 9 heteroatoms. The number of aryl methyl sites for hydroxylation is 1. The smallest absolute Gasteiger partial charge is 0.339 e. The molecule has 1 N–H and O–H groups in total. The van der Waals surface area contributed by atoms with Gasteiger partial charge in [-0.25, -0.2) is 18.8 Å². The Labute approximate surface area is 165 Å². The molecule has 0 saturated carbocycles. The van der Waals surface area contributed by atoms with Crippen molar-refractivity contribution in [3.63, 3.8) is 0 Å². The minimum Gasteiger partial charge on any atom is -0.465 e. The molecule has 0 spiro atoms. The van der Waals surface area contributed by atoms with E-state index in [9.17, 15) is 23.6 Å². The normalized spacial score (nSPS) is 10.1. The Morgan fingerprint density at radius 2 is 1.52 bits per heavy atom. The highest BCUT2D eigenvalue weighted by atomic mass is 19.1. The number of rotatable bonds is 6. The van der Waals surface area contributed by atoms with Gasteiger partial charge in [0.1, 0.15) is 5.82 Å². The predicted molar refractivity (Wildman–Crippen MR) is 99.2 cm³/mol. The maximum absolute atomic E-state index is 13.5. The van der Waals surface area contributed by atoms with Crippen LogP contribution in [0.25, 0.3) is 0 Å². The van der Waals surface area contributed by atoms with Gasteiger partial charge in [0.25, 0.3) is 5.91 Å². The van der Waals surface area contributed by atoms with Crippen LogP contribution in [-0.2, 0) is 19.0 Å². The molecule has 0 radical (unpaired) electrons. The number of carbonyl (C=O) groups excluding carboxylic acids is 4. The second kappa shape index (κ2) is 9.45. The van der Waals surface area contributed by atoms with Crippen molar-refractivity contribution < 1.29 is 37.8 Å². The van der Waals surface area contributed by atoms with Gasteiger partial charge in [0.2, 0.25) is 0 Å². The minimum atomic E-state index is -0.893. The van der Waals surface area contributed by atoms with E-state index in [2.05, 4.69) is 14.8 Å². The number of hydrogen-bond acceptors (Lipinski definition) is 7. The number of nitrogens with one attached hydrogen (secondary N) is 1. The molecule has 2 rings (SSSR count). The number of benzene rings is 2. The van der Waals surface area contributed by atoms with E-state index in [1.807, 2.05) is 0 Å². The third-order valence-electron chi connectivity index (χ3n) is 3.86. The highest BCUT2D eigenvalue weighted by molar-refractivity contribution is 6.04. The molecule has 0 aliphatic rings. The van der Waals surface area contributed by atoms with Crippen molar-refractivity contribution in [3.8, 4) is 0 Å². The molecular weight excluding hydrogens is 385 g/mol. The maximum atomic E-state index is 13.5. The van der Waals surface area contributed by atoms with Crippen molar-refractivity contribution in [1.29, 1.82) is 0 Å². The molecule has 1 amide bonds. The topological polar surface area (TPSA) is 108 Å². The molecule has 0 aliphatic heterocycles. The zero-order chi connectivity index (χ0) is 21.6. The van der Waals surface area contributed by atoms with E-state index in [1.54, 1.807) is 6.92 Å². The van der Waals surface area contributed by atoms with Crippen molar-refractivity contribution in [2.24, 2.45) is 0 Å². The van der Waals surface area contributed by atoms with E-state index >= 15 is 0 Å². The highest BCUT2D eigenvalue weighted by Crippen LogP contribution is 2.20. The average Bonchev–Trinajstić information content (AvgIpc) is 2.72. The summed E-state index contributed by atoms with van der Waals surface area (Å²) in [5.74, 6) is -3.67. The molecule has 0 fully saturated rings. The number of carbonyl (C=O) groups is 4. The lowest BCUT2D eigenvalue weighted by molar-refractivity contribution is -0.119. The Hall–Kier alpha value is -3.75. The quantitative estimate of drug-likeness (QED) is 0.583. The van der Waals surface area contributed by atoms with Gasteiger partial charge in [0.15, 0.2) is 6.61 Å². The number of amides is 1. The Morgan fingerprint density at radius 3 is 2.14 bits per heavy atom. The number of methoxy groups -OCH3 is 2. The SMILES string of the molecule is COC(=O)c1ccc(C(=O)OC)c(NC(=O)COC(=O)c2ccc(C)c(F)c2)c1. The molecule has 0 aliphatic carbocycles. The third-order valence-corrected chi connectivity index (χ3v) is 3.86. The number of anilines is 1. The molecule has 0 aromatic heterocycles. The maximum Gasteiger partial charge on any atom is 0.339 e. The van der Waals surface area contributed by atoms with E-state index in [-0.39, 0.29) is 22.4 Å². The second-order valence-corrected chi connectivity index (χ2v) is 5.83. The zero-order valence-corrected chi connectivity index (χ0v) is 15.9. The van der Waals surface area contributed by atoms with E-state index in [0.717, 1.165) is 13.2 Å². The number of esters is 3.